The molecular weight excluding hydrogens is 224 g/mol. The van der Waals surface area contributed by atoms with E-state index in [-0.39, 0.29) is 5.54 Å². The highest BCUT2D eigenvalue weighted by molar-refractivity contribution is 4.96. The van der Waals surface area contributed by atoms with Gasteiger partial charge in [0.25, 0.3) is 0 Å². The maximum atomic E-state index is 6.19. The second-order valence-corrected chi connectivity index (χ2v) is 5.83. The first-order chi connectivity index (χ1) is 8.63. The van der Waals surface area contributed by atoms with Crippen molar-refractivity contribution in [3.05, 3.63) is 0 Å². The van der Waals surface area contributed by atoms with Crippen LogP contribution in [-0.4, -0.2) is 42.8 Å². The lowest BCUT2D eigenvalue weighted by Crippen LogP contribution is -2.61. The van der Waals surface area contributed by atoms with Gasteiger partial charge in [0.05, 0.1) is 13.2 Å². The van der Waals surface area contributed by atoms with E-state index in [9.17, 15) is 0 Å². The van der Waals surface area contributed by atoms with E-state index in [1.54, 1.807) is 0 Å². The monoisotopic (exact) mass is 256 g/mol. The molecule has 1 aliphatic heterocycles. The Morgan fingerprint density at radius 1 is 1.39 bits per heavy atom. The molecule has 0 radical (unpaired) electrons. The van der Waals surface area contributed by atoms with Gasteiger partial charge in [-0.05, 0) is 25.2 Å². The summed E-state index contributed by atoms with van der Waals surface area (Å²) in [5, 5.41) is 0. The molecule has 0 amide bonds. The molecule has 0 aromatic heterocycles. The molecule has 0 bridgehead atoms. The SMILES string of the molecule is CCC(C)CC(CC)(CN)N1CCOCC1CC. The van der Waals surface area contributed by atoms with Crippen LogP contribution in [0, 0.1) is 5.92 Å². The van der Waals surface area contributed by atoms with Gasteiger partial charge in [0.1, 0.15) is 0 Å². The van der Waals surface area contributed by atoms with Crippen LogP contribution in [0.3, 0.4) is 0 Å². The molecule has 1 heterocycles. The van der Waals surface area contributed by atoms with E-state index in [0.29, 0.717) is 6.04 Å². The van der Waals surface area contributed by atoms with Crippen molar-refractivity contribution in [3.8, 4) is 0 Å². The number of nitrogens with two attached hydrogens (primary N) is 1. The Labute approximate surface area is 113 Å². The lowest BCUT2D eigenvalue weighted by molar-refractivity contribution is -0.0723. The molecule has 1 rings (SSSR count). The Kier molecular flexibility index (Phi) is 6.61. The minimum atomic E-state index is 0.180. The largest absolute Gasteiger partial charge is 0.378 e. The van der Waals surface area contributed by atoms with Crippen LogP contribution in [0.25, 0.3) is 0 Å². The second kappa shape index (κ2) is 7.46. The van der Waals surface area contributed by atoms with Crippen LogP contribution in [0.5, 0.6) is 0 Å². The van der Waals surface area contributed by atoms with E-state index in [0.717, 1.165) is 45.1 Å². The van der Waals surface area contributed by atoms with Gasteiger partial charge in [-0.15, -0.1) is 0 Å². The summed E-state index contributed by atoms with van der Waals surface area (Å²) < 4.78 is 5.64. The average molecular weight is 256 g/mol. The van der Waals surface area contributed by atoms with Crippen molar-refractivity contribution in [2.45, 2.75) is 65.0 Å². The summed E-state index contributed by atoms with van der Waals surface area (Å²) >= 11 is 0. The van der Waals surface area contributed by atoms with Crippen LogP contribution in [0.15, 0.2) is 0 Å². The maximum Gasteiger partial charge on any atom is 0.0622 e. The summed E-state index contributed by atoms with van der Waals surface area (Å²) in [4.78, 5) is 2.66. The lowest BCUT2D eigenvalue weighted by Gasteiger charge is -2.50. The Balaban J connectivity index is 2.86. The third-order valence-corrected chi connectivity index (χ3v) is 4.77. The molecule has 3 heteroatoms. The highest BCUT2D eigenvalue weighted by atomic mass is 16.5. The summed E-state index contributed by atoms with van der Waals surface area (Å²) in [6.45, 7) is 12.7. The summed E-state index contributed by atoms with van der Waals surface area (Å²) in [6, 6.07) is 0.548. The molecule has 0 aromatic rings. The number of nitrogens with zero attached hydrogens (tertiary/aromatic N) is 1. The first kappa shape index (κ1) is 15.9. The Morgan fingerprint density at radius 3 is 2.61 bits per heavy atom. The van der Waals surface area contributed by atoms with Crippen LogP contribution in [0.2, 0.25) is 0 Å². The molecule has 0 aromatic carbocycles. The topological polar surface area (TPSA) is 38.5 Å². The van der Waals surface area contributed by atoms with Gasteiger partial charge in [-0.3, -0.25) is 4.90 Å². The number of hydrogen-bond acceptors (Lipinski definition) is 3. The summed E-state index contributed by atoms with van der Waals surface area (Å²) in [7, 11) is 0. The molecule has 3 nitrogen and oxygen atoms in total. The molecule has 1 saturated heterocycles. The first-order valence-corrected chi connectivity index (χ1v) is 7.68. The smallest absolute Gasteiger partial charge is 0.0622 e. The van der Waals surface area contributed by atoms with E-state index >= 15 is 0 Å². The Bertz CT molecular complexity index is 229. The third-order valence-electron chi connectivity index (χ3n) is 4.77. The van der Waals surface area contributed by atoms with Gasteiger partial charge in [-0.25, -0.2) is 0 Å². The summed E-state index contributed by atoms with van der Waals surface area (Å²) in [6.07, 6.45) is 4.75. The van der Waals surface area contributed by atoms with E-state index < -0.39 is 0 Å². The molecule has 1 fully saturated rings. The molecular formula is C15H32N2O. The average Bonchev–Trinajstić information content (AvgIpc) is 2.44. The van der Waals surface area contributed by atoms with Crippen LogP contribution in [0.4, 0.5) is 0 Å². The fourth-order valence-electron chi connectivity index (χ4n) is 3.22. The third kappa shape index (κ3) is 3.46. The minimum absolute atomic E-state index is 0.180. The lowest BCUT2D eigenvalue weighted by atomic mass is 9.81. The standard InChI is InChI=1S/C15H32N2O/c1-5-13(4)10-15(7-3,12-16)17-8-9-18-11-14(17)6-2/h13-14H,5-12,16H2,1-4H3. The molecule has 3 atom stereocenters. The second-order valence-electron chi connectivity index (χ2n) is 5.83. The Hall–Kier alpha value is -0.120. The molecule has 3 unspecified atom stereocenters. The van der Waals surface area contributed by atoms with Gasteiger partial charge in [0.15, 0.2) is 0 Å². The van der Waals surface area contributed by atoms with E-state index in [2.05, 4.69) is 32.6 Å². The van der Waals surface area contributed by atoms with Gasteiger partial charge in [-0.1, -0.05) is 34.1 Å². The van der Waals surface area contributed by atoms with Crippen molar-refractivity contribution < 1.29 is 4.74 Å². The van der Waals surface area contributed by atoms with Gasteiger partial charge in [0, 0.05) is 24.7 Å². The normalized spacial score (nSPS) is 26.8. The number of ether oxygens (including phenoxy) is 1. The molecule has 0 saturated carbocycles. The Morgan fingerprint density at radius 2 is 2.11 bits per heavy atom. The van der Waals surface area contributed by atoms with E-state index in [4.69, 9.17) is 10.5 Å². The number of hydrogen-bond donors (Lipinski definition) is 1. The van der Waals surface area contributed by atoms with Crippen molar-refractivity contribution in [2.75, 3.05) is 26.3 Å². The molecule has 0 spiro atoms. The quantitative estimate of drug-likeness (QED) is 0.761. The highest BCUT2D eigenvalue weighted by Crippen LogP contribution is 2.32. The van der Waals surface area contributed by atoms with Crippen molar-refractivity contribution in [3.63, 3.8) is 0 Å². The summed E-state index contributed by atoms with van der Waals surface area (Å²) in [5.74, 6) is 0.744. The zero-order valence-electron chi connectivity index (χ0n) is 12.7. The predicted octanol–water partition coefficient (Wildman–Crippen LogP) is 2.64. The van der Waals surface area contributed by atoms with E-state index in [1.807, 2.05) is 0 Å². The summed E-state index contributed by atoms with van der Waals surface area (Å²) in [5.41, 5.74) is 6.37. The number of morpholine rings is 1. The molecule has 1 aliphatic rings. The van der Waals surface area contributed by atoms with Gasteiger partial charge >= 0.3 is 0 Å². The molecule has 0 aliphatic carbocycles. The zero-order valence-corrected chi connectivity index (χ0v) is 12.7. The van der Waals surface area contributed by atoms with Crippen LogP contribution >= 0.6 is 0 Å². The van der Waals surface area contributed by atoms with Crippen molar-refractivity contribution in [2.24, 2.45) is 11.7 Å². The minimum Gasteiger partial charge on any atom is -0.378 e. The maximum absolute atomic E-state index is 6.19. The van der Waals surface area contributed by atoms with Crippen LogP contribution in [-0.2, 0) is 4.74 Å². The van der Waals surface area contributed by atoms with Crippen molar-refractivity contribution in [1.29, 1.82) is 0 Å². The zero-order chi connectivity index (χ0) is 13.6. The van der Waals surface area contributed by atoms with Crippen LogP contribution in [0.1, 0.15) is 53.4 Å². The van der Waals surface area contributed by atoms with Gasteiger partial charge in [0.2, 0.25) is 0 Å². The molecule has 2 N–H and O–H groups in total. The predicted molar refractivity (Wildman–Crippen MR) is 77.8 cm³/mol. The first-order valence-electron chi connectivity index (χ1n) is 7.68. The molecule has 18 heavy (non-hydrogen) atoms. The van der Waals surface area contributed by atoms with Gasteiger partial charge in [-0.2, -0.15) is 0 Å². The number of rotatable bonds is 7. The fraction of sp³-hybridized carbons (Fsp3) is 1.00. The van der Waals surface area contributed by atoms with E-state index in [1.165, 1.54) is 12.8 Å². The fourth-order valence-corrected chi connectivity index (χ4v) is 3.22. The molecule has 108 valence electrons. The van der Waals surface area contributed by atoms with Crippen molar-refractivity contribution >= 4 is 0 Å². The van der Waals surface area contributed by atoms with Crippen LogP contribution < -0.4 is 5.73 Å². The van der Waals surface area contributed by atoms with Gasteiger partial charge < -0.3 is 10.5 Å². The van der Waals surface area contributed by atoms with Crippen molar-refractivity contribution in [1.82, 2.24) is 4.90 Å². The highest BCUT2D eigenvalue weighted by Gasteiger charge is 2.39.